The van der Waals surface area contributed by atoms with E-state index in [2.05, 4.69) is 4.74 Å². The Balaban J connectivity index is 0. The third-order valence-electron chi connectivity index (χ3n) is 0.408. The van der Waals surface area contributed by atoms with E-state index in [4.69, 9.17) is 15.0 Å². The van der Waals surface area contributed by atoms with Crippen LogP contribution in [0.4, 0.5) is 0 Å². The van der Waals surface area contributed by atoms with E-state index in [1.807, 2.05) is 0 Å². The highest BCUT2D eigenvalue weighted by Gasteiger charge is 1.87. The Morgan fingerprint density at radius 1 is 1.78 bits per heavy atom. The molecule has 0 saturated carbocycles. The molecule has 0 aromatic carbocycles. The minimum Gasteiger partial charge on any atom is -0.483 e. The van der Waals surface area contributed by atoms with Gasteiger partial charge in [-0.2, -0.15) is 0 Å². The summed E-state index contributed by atoms with van der Waals surface area (Å²) < 4.78 is 4.55. The van der Waals surface area contributed by atoms with Gasteiger partial charge in [0.2, 0.25) is 0 Å². The Morgan fingerprint density at radius 3 is 2.11 bits per heavy atom. The Morgan fingerprint density at radius 2 is 2.11 bits per heavy atom. The van der Waals surface area contributed by atoms with Crippen LogP contribution in [-0.2, 0) is 9.53 Å². The van der Waals surface area contributed by atoms with Crippen molar-refractivity contribution in [1.82, 2.24) is 0 Å². The van der Waals surface area contributed by atoms with Gasteiger partial charge in [-0.05, 0) is 6.92 Å². The molecule has 0 aromatic rings. The minimum absolute atomic E-state index is 0.250. The highest BCUT2D eigenvalue weighted by Crippen LogP contribution is 1.75. The maximum Gasteiger partial charge on any atom is 0.290 e. The molecule has 0 saturated heterocycles. The maximum atomic E-state index is 8.43. The molecule has 0 rings (SSSR count). The number of methoxy groups -OCH3 is 1. The molecular formula is C5H12O4. The molecule has 0 heterocycles. The van der Waals surface area contributed by atoms with Crippen molar-refractivity contribution in [2.45, 2.75) is 13.0 Å². The minimum atomic E-state index is -0.324. The van der Waals surface area contributed by atoms with Gasteiger partial charge in [0.15, 0.2) is 0 Å². The van der Waals surface area contributed by atoms with Gasteiger partial charge in [0, 0.05) is 7.11 Å². The van der Waals surface area contributed by atoms with E-state index in [1.54, 1.807) is 14.0 Å². The standard InChI is InChI=1S/C4H10O2.CH2O2/c1-4(5)3-6-2;2-1-3/h4-5H,3H2,1-2H3;1H,(H,2,3). The highest BCUT2D eigenvalue weighted by atomic mass is 16.5. The largest absolute Gasteiger partial charge is 0.483 e. The Hall–Kier alpha value is -0.610. The van der Waals surface area contributed by atoms with Gasteiger partial charge < -0.3 is 14.9 Å². The number of ether oxygens (including phenoxy) is 1. The van der Waals surface area contributed by atoms with E-state index in [0.717, 1.165) is 0 Å². The van der Waals surface area contributed by atoms with Gasteiger partial charge in [-0.15, -0.1) is 0 Å². The first-order chi connectivity index (χ1) is 4.18. The molecular weight excluding hydrogens is 124 g/mol. The lowest BCUT2D eigenvalue weighted by molar-refractivity contribution is -0.122. The van der Waals surface area contributed by atoms with E-state index in [-0.39, 0.29) is 12.6 Å². The highest BCUT2D eigenvalue weighted by molar-refractivity contribution is 5.32. The average Bonchev–Trinajstić information content (AvgIpc) is 1.67. The van der Waals surface area contributed by atoms with Gasteiger partial charge in [0.25, 0.3) is 6.47 Å². The Kier molecular flexibility index (Phi) is 13.0. The summed E-state index contributed by atoms with van der Waals surface area (Å²) in [5.41, 5.74) is 0. The van der Waals surface area contributed by atoms with E-state index >= 15 is 0 Å². The van der Waals surface area contributed by atoms with E-state index in [0.29, 0.717) is 6.61 Å². The van der Waals surface area contributed by atoms with Crippen molar-refractivity contribution in [3.63, 3.8) is 0 Å². The molecule has 0 aliphatic rings. The van der Waals surface area contributed by atoms with Crippen LogP contribution >= 0.6 is 0 Å². The lowest BCUT2D eigenvalue weighted by atomic mass is 10.5. The number of hydrogen-bond acceptors (Lipinski definition) is 3. The van der Waals surface area contributed by atoms with Crippen LogP contribution in [0.1, 0.15) is 6.92 Å². The molecule has 4 nitrogen and oxygen atoms in total. The summed E-state index contributed by atoms with van der Waals surface area (Å²) in [6, 6.07) is 0. The van der Waals surface area contributed by atoms with Crippen molar-refractivity contribution in [3.8, 4) is 0 Å². The number of aliphatic hydroxyl groups is 1. The van der Waals surface area contributed by atoms with Crippen LogP contribution in [0.25, 0.3) is 0 Å². The van der Waals surface area contributed by atoms with Gasteiger partial charge in [-0.3, -0.25) is 4.79 Å². The molecule has 9 heavy (non-hydrogen) atoms. The van der Waals surface area contributed by atoms with Crippen LogP contribution in [0, 0.1) is 0 Å². The van der Waals surface area contributed by atoms with Crippen molar-refractivity contribution in [2.24, 2.45) is 0 Å². The third-order valence-corrected chi connectivity index (χ3v) is 0.408. The summed E-state index contributed by atoms with van der Waals surface area (Å²) in [6.45, 7) is 1.86. The summed E-state index contributed by atoms with van der Waals surface area (Å²) in [5, 5.41) is 15.3. The first-order valence-corrected chi connectivity index (χ1v) is 2.43. The topological polar surface area (TPSA) is 66.8 Å². The predicted octanol–water partition coefficient (Wildman–Crippen LogP) is -0.286. The quantitative estimate of drug-likeness (QED) is 0.512. The van der Waals surface area contributed by atoms with Crippen LogP contribution < -0.4 is 0 Å². The van der Waals surface area contributed by atoms with Gasteiger partial charge in [-0.1, -0.05) is 0 Å². The molecule has 0 bridgehead atoms. The molecule has 0 amide bonds. The summed E-state index contributed by atoms with van der Waals surface area (Å²) in [4.78, 5) is 8.36. The van der Waals surface area contributed by atoms with Crippen LogP contribution in [0.15, 0.2) is 0 Å². The first kappa shape index (κ1) is 11.2. The fourth-order valence-electron chi connectivity index (χ4n) is 0.241. The van der Waals surface area contributed by atoms with Crippen LogP contribution in [-0.4, -0.2) is 36.5 Å². The van der Waals surface area contributed by atoms with Gasteiger partial charge in [0.1, 0.15) is 0 Å². The number of hydrogen-bond donors (Lipinski definition) is 2. The molecule has 0 spiro atoms. The third kappa shape index (κ3) is 37.6. The fourth-order valence-corrected chi connectivity index (χ4v) is 0.241. The molecule has 0 fully saturated rings. The number of carboxylic acid groups (broad SMARTS) is 1. The van der Waals surface area contributed by atoms with Crippen LogP contribution in [0.2, 0.25) is 0 Å². The molecule has 4 heteroatoms. The maximum absolute atomic E-state index is 8.43. The number of aliphatic hydroxyl groups excluding tert-OH is 1. The summed E-state index contributed by atoms with van der Waals surface area (Å²) in [5.74, 6) is 0. The summed E-state index contributed by atoms with van der Waals surface area (Å²) in [6.07, 6.45) is -0.324. The van der Waals surface area contributed by atoms with Gasteiger partial charge in [0.05, 0.1) is 12.7 Å². The zero-order valence-electron chi connectivity index (χ0n) is 5.57. The average molecular weight is 136 g/mol. The summed E-state index contributed by atoms with van der Waals surface area (Å²) in [7, 11) is 1.56. The lowest BCUT2D eigenvalue weighted by Gasteiger charge is -1.97. The van der Waals surface area contributed by atoms with Crippen molar-refractivity contribution in [1.29, 1.82) is 0 Å². The molecule has 0 aliphatic carbocycles. The van der Waals surface area contributed by atoms with E-state index in [1.165, 1.54) is 0 Å². The van der Waals surface area contributed by atoms with Crippen molar-refractivity contribution in [2.75, 3.05) is 13.7 Å². The molecule has 1 unspecified atom stereocenters. The van der Waals surface area contributed by atoms with Crippen molar-refractivity contribution >= 4 is 6.47 Å². The molecule has 1 atom stereocenters. The van der Waals surface area contributed by atoms with Crippen molar-refractivity contribution in [3.05, 3.63) is 0 Å². The van der Waals surface area contributed by atoms with Crippen LogP contribution in [0.5, 0.6) is 0 Å². The molecule has 0 aromatic heterocycles. The van der Waals surface area contributed by atoms with Crippen LogP contribution in [0.3, 0.4) is 0 Å². The van der Waals surface area contributed by atoms with E-state index in [9.17, 15) is 0 Å². The smallest absolute Gasteiger partial charge is 0.290 e. The molecule has 0 radical (unpaired) electrons. The van der Waals surface area contributed by atoms with Crippen molar-refractivity contribution < 1.29 is 19.7 Å². The zero-order chi connectivity index (χ0) is 7.70. The zero-order valence-corrected chi connectivity index (χ0v) is 5.57. The van der Waals surface area contributed by atoms with E-state index < -0.39 is 0 Å². The predicted molar refractivity (Wildman–Crippen MR) is 32.2 cm³/mol. The SMILES string of the molecule is COCC(C)O.O=CO. The first-order valence-electron chi connectivity index (χ1n) is 2.43. The second-order valence-corrected chi connectivity index (χ2v) is 1.41. The lowest BCUT2D eigenvalue weighted by Crippen LogP contribution is -2.07. The second kappa shape index (κ2) is 10.4. The molecule has 56 valence electrons. The summed E-state index contributed by atoms with van der Waals surface area (Å²) >= 11 is 0. The monoisotopic (exact) mass is 136 g/mol. The number of carbonyl (C=O) groups is 1. The number of rotatable bonds is 2. The van der Waals surface area contributed by atoms with Gasteiger partial charge in [-0.25, -0.2) is 0 Å². The Labute approximate surface area is 54.1 Å². The normalized spacial score (nSPS) is 11.0. The molecule has 0 aliphatic heterocycles. The van der Waals surface area contributed by atoms with Gasteiger partial charge >= 0.3 is 0 Å². The second-order valence-electron chi connectivity index (χ2n) is 1.41. The Bertz CT molecular complexity index is 52.9. The fraction of sp³-hybridized carbons (Fsp3) is 0.800. The molecule has 2 N–H and O–H groups in total.